The Hall–Kier alpha value is -6.24. The number of nitriles is 1. The molecule has 0 saturated carbocycles. The van der Waals surface area contributed by atoms with E-state index in [1.165, 1.54) is 48.8 Å². The normalized spacial score (nSPS) is 11.5. The zero-order valence-corrected chi connectivity index (χ0v) is 24.3. The third kappa shape index (κ3) is 3.87. The molecule has 0 bridgehead atoms. The maximum atomic E-state index is 9.71. The Kier molecular flexibility index (Phi) is 5.57. The summed E-state index contributed by atoms with van der Waals surface area (Å²) in [6, 6.07) is 51.8. The van der Waals surface area contributed by atoms with Crippen LogP contribution in [-0.4, -0.2) is 9.55 Å². The summed E-state index contributed by atoms with van der Waals surface area (Å²) in [5.74, 6) is 0. The third-order valence-electron chi connectivity index (χ3n) is 9.08. The maximum absolute atomic E-state index is 9.71. The van der Waals surface area contributed by atoms with Crippen LogP contribution in [0.25, 0.3) is 82.1 Å². The fraction of sp³-hybridized carbons (Fsp3) is 0. The Morgan fingerprint density at radius 3 is 1.71 bits per heavy atom. The van der Waals surface area contributed by atoms with Crippen molar-refractivity contribution in [1.29, 1.82) is 5.26 Å². The van der Waals surface area contributed by atoms with Gasteiger partial charge in [-0.2, -0.15) is 5.26 Å². The number of benzene rings is 7. The van der Waals surface area contributed by atoms with Crippen molar-refractivity contribution < 1.29 is 0 Å². The van der Waals surface area contributed by atoms with E-state index in [1.54, 1.807) is 0 Å². The minimum absolute atomic E-state index is 0.653. The van der Waals surface area contributed by atoms with Crippen LogP contribution in [0.2, 0.25) is 0 Å². The average Bonchev–Trinajstić information content (AvgIpc) is 3.44. The van der Waals surface area contributed by atoms with E-state index in [0.29, 0.717) is 5.56 Å². The van der Waals surface area contributed by atoms with Gasteiger partial charge in [-0.05, 0) is 97.5 Å². The summed E-state index contributed by atoms with van der Waals surface area (Å²) < 4.78 is 2.29. The minimum atomic E-state index is 0.653. The average molecular weight is 572 g/mol. The van der Waals surface area contributed by atoms with Crippen LogP contribution in [0.15, 0.2) is 152 Å². The van der Waals surface area contributed by atoms with Crippen LogP contribution >= 0.6 is 0 Å². The number of para-hydroxylation sites is 1. The highest BCUT2D eigenvalue weighted by atomic mass is 15.0. The van der Waals surface area contributed by atoms with Crippen molar-refractivity contribution in [3.05, 3.63) is 157 Å². The van der Waals surface area contributed by atoms with Gasteiger partial charge in [0.15, 0.2) is 0 Å². The summed E-state index contributed by atoms with van der Waals surface area (Å²) in [4.78, 5) is 4.43. The molecule has 0 aliphatic carbocycles. The lowest BCUT2D eigenvalue weighted by Crippen LogP contribution is -1.94. The molecule has 0 aliphatic heterocycles. The van der Waals surface area contributed by atoms with Gasteiger partial charge in [-0.1, -0.05) is 91.0 Å². The Labute approximate surface area is 259 Å². The molecule has 9 aromatic rings. The monoisotopic (exact) mass is 571 g/mol. The Bertz CT molecular complexity index is 2640. The number of hydrogen-bond acceptors (Lipinski definition) is 2. The van der Waals surface area contributed by atoms with Crippen LogP contribution in [0.1, 0.15) is 5.56 Å². The molecule has 0 radical (unpaired) electrons. The van der Waals surface area contributed by atoms with Crippen LogP contribution < -0.4 is 0 Å². The summed E-state index contributed by atoms with van der Waals surface area (Å²) in [5, 5.41) is 19.4. The first-order chi connectivity index (χ1) is 22.3. The zero-order valence-electron chi connectivity index (χ0n) is 24.3. The lowest BCUT2D eigenvalue weighted by molar-refractivity contribution is 1.18. The lowest BCUT2D eigenvalue weighted by Gasteiger charge is -2.16. The zero-order chi connectivity index (χ0) is 29.9. The second-order valence-corrected chi connectivity index (χ2v) is 11.5. The number of fused-ring (bicyclic) bond motifs is 8. The van der Waals surface area contributed by atoms with Crippen molar-refractivity contribution in [2.75, 3.05) is 0 Å². The summed E-state index contributed by atoms with van der Waals surface area (Å²) in [6.45, 7) is 0. The molecular weight excluding hydrogens is 546 g/mol. The van der Waals surface area contributed by atoms with Gasteiger partial charge in [0.05, 0.1) is 22.7 Å². The van der Waals surface area contributed by atoms with Crippen molar-refractivity contribution in [3.63, 3.8) is 0 Å². The van der Waals surface area contributed by atoms with Gasteiger partial charge in [0, 0.05) is 34.4 Å². The molecule has 2 heterocycles. The van der Waals surface area contributed by atoms with Gasteiger partial charge in [0.1, 0.15) is 0 Å². The molecule has 0 fully saturated rings. The molecule has 0 amide bonds. The quantitative estimate of drug-likeness (QED) is 0.198. The van der Waals surface area contributed by atoms with E-state index in [-0.39, 0.29) is 0 Å². The predicted octanol–water partition coefficient (Wildman–Crippen LogP) is 10.8. The molecule has 45 heavy (non-hydrogen) atoms. The van der Waals surface area contributed by atoms with E-state index in [9.17, 15) is 5.26 Å². The van der Waals surface area contributed by atoms with E-state index >= 15 is 0 Å². The van der Waals surface area contributed by atoms with Gasteiger partial charge >= 0.3 is 0 Å². The molecule has 9 rings (SSSR count). The van der Waals surface area contributed by atoms with Crippen LogP contribution in [-0.2, 0) is 0 Å². The fourth-order valence-corrected chi connectivity index (χ4v) is 7.06. The molecular formula is C42H25N3. The second kappa shape index (κ2) is 9.91. The topological polar surface area (TPSA) is 41.6 Å². The molecule has 0 spiro atoms. The first-order valence-corrected chi connectivity index (χ1v) is 15.1. The van der Waals surface area contributed by atoms with E-state index in [4.69, 9.17) is 0 Å². The van der Waals surface area contributed by atoms with Gasteiger partial charge in [0.2, 0.25) is 0 Å². The SMILES string of the molecule is N#Cc1ccc2c3ccc(-c4cc5c6ccccc6c(-c6cccnc6)cc5c5ccccc45)cc3n(-c3ccccc3)c2c1. The molecule has 3 heteroatoms. The number of aromatic nitrogens is 2. The third-order valence-corrected chi connectivity index (χ3v) is 9.08. The summed E-state index contributed by atoms with van der Waals surface area (Å²) in [5.41, 5.74) is 8.53. The molecule has 0 aliphatic rings. The van der Waals surface area contributed by atoms with Crippen molar-refractivity contribution in [1.82, 2.24) is 9.55 Å². The number of pyridine rings is 1. The molecule has 0 saturated heterocycles. The molecule has 0 atom stereocenters. The largest absolute Gasteiger partial charge is 0.309 e. The number of rotatable bonds is 3. The highest BCUT2D eigenvalue weighted by molar-refractivity contribution is 6.24. The van der Waals surface area contributed by atoms with E-state index in [0.717, 1.165) is 33.2 Å². The summed E-state index contributed by atoms with van der Waals surface area (Å²) >= 11 is 0. The van der Waals surface area contributed by atoms with Crippen molar-refractivity contribution >= 4 is 54.1 Å². The van der Waals surface area contributed by atoms with Crippen LogP contribution in [0.4, 0.5) is 0 Å². The van der Waals surface area contributed by atoms with Crippen LogP contribution in [0.3, 0.4) is 0 Å². The molecule has 7 aromatic carbocycles. The minimum Gasteiger partial charge on any atom is -0.309 e. The Balaban J connectivity index is 1.38. The van der Waals surface area contributed by atoms with E-state index < -0.39 is 0 Å². The van der Waals surface area contributed by atoms with Crippen molar-refractivity contribution in [2.45, 2.75) is 0 Å². The molecule has 0 N–H and O–H groups in total. The van der Waals surface area contributed by atoms with Gasteiger partial charge in [-0.3, -0.25) is 4.98 Å². The van der Waals surface area contributed by atoms with Gasteiger partial charge in [0.25, 0.3) is 0 Å². The van der Waals surface area contributed by atoms with Crippen molar-refractivity contribution in [3.8, 4) is 34.0 Å². The maximum Gasteiger partial charge on any atom is 0.0992 e. The molecule has 2 aromatic heterocycles. The number of nitrogens with zero attached hydrogens (tertiary/aromatic N) is 3. The lowest BCUT2D eigenvalue weighted by atomic mass is 9.88. The summed E-state index contributed by atoms with van der Waals surface area (Å²) in [6.07, 6.45) is 3.77. The van der Waals surface area contributed by atoms with Crippen LogP contribution in [0.5, 0.6) is 0 Å². The van der Waals surface area contributed by atoms with Gasteiger partial charge in [-0.15, -0.1) is 0 Å². The molecule has 3 nitrogen and oxygen atoms in total. The standard InChI is InChI=1S/C42H25N3/c43-25-27-16-18-35-36-19-17-28(22-42(36)45(41(35)21-27)30-10-2-1-3-11-30)37-23-39-34-15-7-5-13-32(34)38(29-9-8-20-44-26-29)24-40(39)33-14-6-4-12-31(33)37/h1-24,26H. The highest BCUT2D eigenvalue weighted by Gasteiger charge is 2.17. The first kappa shape index (κ1) is 25.3. The molecule has 0 unspecified atom stereocenters. The fourth-order valence-electron chi connectivity index (χ4n) is 7.06. The second-order valence-electron chi connectivity index (χ2n) is 11.5. The Morgan fingerprint density at radius 2 is 1.07 bits per heavy atom. The van der Waals surface area contributed by atoms with Crippen LogP contribution in [0, 0.1) is 11.3 Å². The van der Waals surface area contributed by atoms with Gasteiger partial charge < -0.3 is 4.57 Å². The molecule has 208 valence electrons. The van der Waals surface area contributed by atoms with Crippen molar-refractivity contribution in [2.24, 2.45) is 0 Å². The number of hydrogen-bond donors (Lipinski definition) is 0. The predicted molar refractivity (Wildman–Crippen MR) is 187 cm³/mol. The highest BCUT2D eigenvalue weighted by Crippen LogP contribution is 2.43. The van der Waals surface area contributed by atoms with Gasteiger partial charge in [-0.25, -0.2) is 0 Å². The Morgan fingerprint density at radius 1 is 0.467 bits per heavy atom. The smallest absolute Gasteiger partial charge is 0.0992 e. The summed E-state index contributed by atoms with van der Waals surface area (Å²) in [7, 11) is 0. The first-order valence-electron chi connectivity index (χ1n) is 15.1. The van der Waals surface area contributed by atoms with E-state index in [2.05, 4.69) is 131 Å². The van der Waals surface area contributed by atoms with E-state index in [1.807, 2.05) is 36.7 Å².